The lowest BCUT2D eigenvalue weighted by Crippen LogP contribution is -2.42. The highest BCUT2D eigenvalue weighted by molar-refractivity contribution is 5.88. The van der Waals surface area contributed by atoms with Crippen LogP contribution in [0.1, 0.15) is 55.4 Å². The van der Waals surface area contributed by atoms with E-state index in [2.05, 4.69) is 46.0 Å². The summed E-state index contributed by atoms with van der Waals surface area (Å²) in [5, 5.41) is 21.7. The summed E-state index contributed by atoms with van der Waals surface area (Å²) in [5.41, 5.74) is 1.64. The van der Waals surface area contributed by atoms with Gasteiger partial charge in [-0.05, 0) is 33.1 Å². The second kappa shape index (κ2) is 12.6. The zero-order chi connectivity index (χ0) is 31.7. The molecule has 0 bridgehead atoms. The first-order chi connectivity index (χ1) is 21.7. The number of aromatic amines is 1. The third-order valence-electron chi connectivity index (χ3n) is 7.82. The average molecular weight is 625 g/mol. The summed E-state index contributed by atoms with van der Waals surface area (Å²) >= 11 is 0. The summed E-state index contributed by atoms with van der Waals surface area (Å²) in [4.78, 5) is 31.5. The Hall–Kier alpha value is -4.93. The number of nitrogens with zero attached hydrogens (tertiary/aromatic N) is 9. The Kier molecular flexibility index (Phi) is 8.42. The fraction of sp³-hybridized carbons (Fsp3) is 0.429. The van der Waals surface area contributed by atoms with Crippen molar-refractivity contribution in [1.29, 1.82) is 0 Å². The number of alkyl halides is 2. The first-order valence-corrected chi connectivity index (χ1v) is 14.3. The number of anilines is 2. The van der Waals surface area contributed by atoms with E-state index in [1.54, 1.807) is 20.1 Å². The van der Waals surface area contributed by atoms with Crippen LogP contribution in [0.4, 0.5) is 24.8 Å². The van der Waals surface area contributed by atoms with Crippen molar-refractivity contribution in [2.24, 2.45) is 5.92 Å². The molecule has 4 atom stereocenters. The number of nitrogens with one attached hydrogen (secondary N) is 3. The molecule has 45 heavy (non-hydrogen) atoms. The Labute approximate surface area is 254 Å². The third kappa shape index (κ3) is 6.47. The quantitative estimate of drug-likeness (QED) is 0.208. The van der Waals surface area contributed by atoms with Gasteiger partial charge in [0.1, 0.15) is 18.2 Å². The van der Waals surface area contributed by atoms with Crippen molar-refractivity contribution >= 4 is 28.6 Å². The van der Waals surface area contributed by atoms with Crippen LogP contribution in [0.3, 0.4) is 0 Å². The predicted molar refractivity (Wildman–Crippen MR) is 154 cm³/mol. The molecule has 0 spiro atoms. The molecular formula is C28H31F3N12O2. The highest BCUT2D eigenvalue weighted by atomic mass is 19.3. The molecule has 3 N–H and O–H groups in total. The first kappa shape index (κ1) is 30.1. The fourth-order valence-corrected chi connectivity index (χ4v) is 5.54. The van der Waals surface area contributed by atoms with Crippen molar-refractivity contribution in [2.45, 2.75) is 64.1 Å². The number of aryl methyl sites for hydroxylation is 1. The van der Waals surface area contributed by atoms with Gasteiger partial charge in [-0.3, -0.25) is 14.9 Å². The van der Waals surface area contributed by atoms with Gasteiger partial charge < -0.3 is 15.4 Å². The smallest absolute Gasteiger partial charge is 0.258 e. The summed E-state index contributed by atoms with van der Waals surface area (Å²) in [7, 11) is 1.55. The van der Waals surface area contributed by atoms with Gasteiger partial charge in [-0.15, -0.1) is 0 Å². The second-order valence-corrected chi connectivity index (χ2v) is 11.0. The molecule has 0 saturated heterocycles. The van der Waals surface area contributed by atoms with Crippen LogP contribution in [0.2, 0.25) is 0 Å². The average Bonchev–Trinajstić information content (AvgIpc) is 3.76. The van der Waals surface area contributed by atoms with E-state index in [9.17, 15) is 18.0 Å². The molecule has 0 unspecified atom stereocenters. The van der Waals surface area contributed by atoms with Crippen LogP contribution in [0.15, 0.2) is 37.1 Å². The Bertz CT molecular complexity index is 1790. The molecule has 1 amide bonds. The molecule has 5 aromatic heterocycles. The van der Waals surface area contributed by atoms with Crippen LogP contribution < -0.4 is 10.6 Å². The summed E-state index contributed by atoms with van der Waals surface area (Å²) in [6.45, 7) is 3.04. The molecule has 0 radical (unpaired) electrons. The van der Waals surface area contributed by atoms with Gasteiger partial charge in [-0.2, -0.15) is 15.3 Å². The minimum atomic E-state index is -2.61. The molecule has 1 fully saturated rings. The highest BCUT2D eigenvalue weighted by Crippen LogP contribution is 2.38. The van der Waals surface area contributed by atoms with Crippen molar-refractivity contribution < 1.29 is 22.7 Å². The maximum atomic E-state index is 13.4. The summed E-state index contributed by atoms with van der Waals surface area (Å²) < 4.78 is 48.2. The molecule has 5 heterocycles. The third-order valence-corrected chi connectivity index (χ3v) is 7.82. The van der Waals surface area contributed by atoms with E-state index in [1.807, 2.05) is 6.92 Å². The number of aromatic nitrogens is 10. The van der Waals surface area contributed by atoms with Crippen molar-refractivity contribution in [3.05, 3.63) is 60.1 Å². The van der Waals surface area contributed by atoms with E-state index in [0.717, 1.165) is 11.9 Å². The fourth-order valence-electron chi connectivity index (χ4n) is 5.54. The van der Waals surface area contributed by atoms with Gasteiger partial charge in [-0.25, -0.2) is 37.5 Å². The number of hydrogen-bond acceptors (Lipinski definition) is 10. The minimum Gasteiger partial charge on any atom is -0.381 e. The molecular weight excluding hydrogens is 593 g/mol. The number of fused-ring (bicyclic) bond motifs is 1. The second-order valence-electron chi connectivity index (χ2n) is 11.0. The zero-order valence-electron chi connectivity index (χ0n) is 24.7. The van der Waals surface area contributed by atoms with Crippen LogP contribution >= 0.6 is 0 Å². The minimum absolute atomic E-state index is 0.199. The SMILES string of the molecule is CO[C@H]1C[C@H](c2nc(Nc3cc(C)[nH]n3)c3cnn(CC(F)F)c3n2)CC[C@@H]1C(=O)N[C@@H](C)c1cnc(-n2cc(F)cn2)cn1. The van der Waals surface area contributed by atoms with Crippen LogP contribution in [0.5, 0.6) is 0 Å². The molecule has 14 nitrogen and oxygen atoms in total. The summed E-state index contributed by atoms with van der Waals surface area (Å²) in [6.07, 6.45) is 5.10. The van der Waals surface area contributed by atoms with Crippen molar-refractivity contribution in [3.63, 3.8) is 0 Å². The number of ether oxygens (including phenoxy) is 1. The van der Waals surface area contributed by atoms with E-state index in [1.165, 1.54) is 34.2 Å². The normalized spacial score (nSPS) is 19.2. The molecule has 1 saturated carbocycles. The Morgan fingerprint density at radius 2 is 2.00 bits per heavy atom. The van der Waals surface area contributed by atoms with Gasteiger partial charge in [0.25, 0.3) is 6.43 Å². The zero-order valence-corrected chi connectivity index (χ0v) is 24.7. The maximum absolute atomic E-state index is 13.4. The number of hydrogen-bond donors (Lipinski definition) is 3. The van der Waals surface area contributed by atoms with E-state index in [4.69, 9.17) is 9.72 Å². The lowest BCUT2D eigenvalue weighted by Gasteiger charge is -2.34. The van der Waals surface area contributed by atoms with Gasteiger partial charge in [0.2, 0.25) is 5.91 Å². The molecule has 1 aliphatic rings. The number of rotatable bonds is 10. The van der Waals surface area contributed by atoms with E-state index < -0.39 is 36.9 Å². The summed E-state index contributed by atoms with van der Waals surface area (Å²) in [6, 6.07) is 1.34. The Balaban J connectivity index is 1.18. The van der Waals surface area contributed by atoms with Gasteiger partial charge in [0.05, 0.1) is 60.1 Å². The highest BCUT2D eigenvalue weighted by Gasteiger charge is 2.38. The topological polar surface area (TPSA) is 166 Å². The number of methoxy groups -OCH3 is 1. The predicted octanol–water partition coefficient (Wildman–Crippen LogP) is 3.76. The molecule has 17 heteroatoms. The van der Waals surface area contributed by atoms with Crippen LogP contribution in [-0.4, -0.2) is 75.2 Å². The van der Waals surface area contributed by atoms with Gasteiger partial charge in [0.15, 0.2) is 23.1 Å². The molecule has 0 aromatic carbocycles. The molecule has 5 aromatic rings. The number of H-pyrrole nitrogens is 1. The molecule has 0 aliphatic heterocycles. The lowest BCUT2D eigenvalue weighted by molar-refractivity contribution is -0.132. The molecule has 6 rings (SSSR count). The van der Waals surface area contributed by atoms with Crippen molar-refractivity contribution in [3.8, 4) is 5.82 Å². The van der Waals surface area contributed by atoms with E-state index in [0.29, 0.717) is 53.6 Å². The maximum Gasteiger partial charge on any atom is 0.258 e. The van der Waals surface area contributed by atoms with Gasteiger partial charge >= 0.3 is 0 Å². The number of halogens is 3. The Morgan fingerprint density at radius 1 is 1.16 bits per heavy atom. The van der Waals surface area contributed by atoms with Crippen LogP contribution in [0, 0.1) is 18.7 Å². The Morgan fingerprint density at radius 3 is 2.67 bits per heavy atom. The van der Waals surface area contributed by atoms with Crippen LogP contribution in [0.25, 0.3) is 16.9 Å². The van der Waals surface area contributed by atoms with Crippen molar-refractivity contribution in [2.75, 3.05) is 12.4 Å². The molecule has 236 valence electrons. The lowest BCUT2D eigenvalue weighted by atomic mass is 9.78. The van der Waals surface area contributed by atoms with E-state index in [-0.39, 0.29) is 17.5 Å². The number of carbonyl (C=O) groups excluding carboxylic acids is 1. The number of carbonyl (C=O) groups is 1. The van der Waals surface area contributed by atoms with E-state index >= 15 is 0 Å². The summed E-state index contributed by atoms with van der Waals surface area (Å²) in [5.74, 6) is 0.345. The molecule has 1 aliphatic carbocycles. The standard InChI is InChI=1S/C28H31F3N12O2/c1-14-6-23(41-40-14)37-26-19-9-35-43(13-22(30)31)27(19)39-25(38-26)16-4-5-18(21(7-16)45-3)28(44)36-15(2)20-10-33-24(11-32-20)42-12-17(29)8-34-42/h6,8-12,15-16,18,21-22H,4-5,7,13H2,1-3H3,(H,36,44)(H2,37,38,39,40,41)/t15-,16+,18-,21-/m0/s1. The first-order valence-electron chi connectivity index (χ1n) is 14.3. The van der Waals surface area contributed by atoms with Gasteiger partial charge in [-0.1, -0.05) is 0 Å². The van der Waals surface area contributed by atoms with Crippen LogP contribution in [-0.2, 0) is 16.1 Å². The number of amides is 1. The van der Waals surface area contributed by atoms with Crippen molar-refractivity contribution in [1.82, 2.24) is 55.0 Å². The van der Waals surface area contributed by atoms with Gasteiger partial charge in [0, 0.05) is 24.8 Å². The monoisotopic (exact) mass is 624 g/mol. The largest absolute Gasteiger partial charge is 0.381 e.